The van der Waals surface area contributed by atoms with Crippen LogP contribution in [0, 0.1) is 11.3 Å². The largest absolute Gasteiger partial charge is 0.460 e. The average molecular weight is 703 g/mol. The number of rotatable bonds is 13. The molecule has 1 unspecified atom stereocenters. The van der Waals surface area contributed by atoms with E-state index in [9.17, 15) is 23.7 Å². The van der Waals surface area contributed by atoms with Crippen molar-refractivity contribution in [2.24, 2.45) is 17.1 Å². The zero-order chi connectivity index (χ0) is 36.6. The van der Waals surface area contributed by atoms with E-state index in [1.54, 1.807) is 116 Å². The van der Waals surface area contributed by atoms with Gasteiger partial charge in [-0.1, -0.05) is 71.0 Å². The zero-order valence-electron chi connectivity index (χ0n) is 29.6. The summed E-state index contributed by atoms with van der Waals surface area (Å²) in [5.41, 5.74) is 3.90. The molecule has 14 heteroatoms. The molecule has 0 radical (unpaired) electrons. The molecule has 4 atom stereocenters. The van der Waals surface area contributed by atoms with Crippen LogP contribution in [0.5, 0.6) is 11.5 Å². The predicted octanol–water partition coefficient (Wildman–Crippen LogP) is 5.24. The molecular weight excluding hydrogens is 651 g/mol. The van der Waals surface area contributed by atoms with Crippen LogP contribution in [0.1, 0.15) is 68.2 Å². The van der Waals surface area contributed by atoms with Crippen molar-refractivity contribution < 1.29 is 42.3 Å². The molecule has 4 N–H and O–H groups in total. The van der Waals surface area contributed by atoms with Crippen LogP contribution in [-0.2, 0) is 28.4 Å². The van der Waals surface area contributed by atoms with Crippen LogP contribution in [0.25, 0.3) is 0 Å². The number of esters is 1. The lowest BCUT2D eigenvalue weighted by atomic mass is 9.85. The highest BCUT2D eigenvalue weighted by molar-refractivity contribution is 7.55. The van der Waals surface area contributed by atoms with Crippen LogP contribution in [0.15, 0.2) is 60.7 Å². The summed E-state index contributed by atoms with van der Waals surface area (Å²) in [7, 11) is -4.21. The number of alkyl carbamates (subject to hydrolysis) is 1. The topological polar surface area (TPSA) is 176 Å². The highest BCUT2D eigenvalue weighted by Gasteiger charge is 2.49. The minimum absolute atomic E-state index is 0.0433. The summed E-state index contributed by atoms with van der Waals surface area (Å²) in [6.45, 7) is 13.9. The zero-order valence-corrected chi connectivity index (χ0v) is 30.5. The Hall–Kier alpha value is -4.09. The molecule has 0 spiro atoms. The third-order valence-electron chi connectivity index (χ3n) is 7.48. The first-order chi connectivity index (χ1) is 22.8. The highest BCUT2D eigenvalue weighted by atomic mass is 31.2. The Morgan fingerprint density at radius 2 is 1.43 bits per heavy atom. The summed E-state index contributed by atoms with van der Waals surface area (Å²) in [6, 6.07) is 14.7. The van der Waals surface area contributed by atoms with E-state index in [0.717, 1.165) is 0 Å². The molecule has 1 aliphatic rings. The monoisotopic (exact) mass is 702 g/mol. The molecule has 1 heterocycles. The number of carbonyl (C=O) groups is 4. The second-order valence-electron chi connectivity index (χ2n) is 14.4. The fraction of sp³-hybridized carbons (Fsp3) is 0.543. The number of carbonyl (C=O) groups excluding carboxylic acids is 4. The molecule has 2 aromatic carbocycles. The van der Waals surface area contributed by atoms with Gasteiger partial charge in [0.05, 0.1) is 13.0 Å². The van der Waals surface area contributed by atoms with Gasteiger partial charge in [-0.3, -0.25) is 14.4 Å². The van der Waals surface area contributed by atoms with E-state index in [4.69, 9.17) is 24.3 Å². The van der Waals surface area contributed by atoms with E-state index in [2.05, 4.69) is 10.6 Å². The molecule has 1 aliphatic heterocycles. The number of nitrogens with two attached hydrogens (primary N) is 1. The molecule has 0 saturated carbocycles. The quantitative estimate of drug-likeness (QED) is 0.185. The first-order valence-electron chi connectivity index (χ1n) is 16.4. The molecule has 270 valence electrons. The van der Waals surface area contributed by atoms with Crippen molar-refractivity contribution in [3.05, 3.63) is 60.7 Å². The number of nitrogens with zero attached hydrogens (tertiary/aromatic N) is 1. The maximum atomic E-state index is 14.7. The Morgan fingerprint density at radius 3 is 1.88 bits per heavy atom. The lowest BCUT2D eigenvalue weighted by Gasteiger charge is -2.36. The van der Waals surface area contributed by atoms with Gasteiger partial charge in [-0.05, 0) is 56.4 Å². The van der Waals surface area contributed by atoms with Gasteiger partial charge in [0.25, 0.3) is 0 Å². The molecule has 0 aliphatic carbocycles. The van der Waals surface area contributed by atoms with Gasteiger partial charge in [-0.25, -0.2) is 9.36 Å². The fourth-order valence-electron chi connectivity index (χ4n) is 5.22. The molecule has 3 rings (SSSR count). The van der Waals surface area contributed by atoms with E-state index < -0.39 is 72.4 Å². The van der Waals surface area contributed by atoms with Gasteiger partial charge in [0.2, 0.25) is 11.8 Å². The number of para-hydroxylation sites is 2. The number of ether oxygens (including phenoxy) is 2. The van der Waals surface area contributed by atoms with Crippen molar-refractivity contribution in [1.82, 2.24) is 15.5 Å². The predicted molar refractivity (Wildman–Crippen MR) is 185 cm³/mol. The maximum absolute atomic E-state index is 14.7. The summed E-state index contributed by atoms with van der Waals surface area (Å²) < 4.78 is 37.8. The Morgan fingerprint density at radius 1 is 0.898 bits per heavy atom. The maximum Gasteiger partial charge on any atom is 0.453 e. The first-order valence-corrected chi connectivity index (χ1v) is 18.0. The molecular formula is C35H51N4O9P. The Labute approximate surface area is 289 Å². The van der Waals surface area contributed by atoms with Crippen LogP contribution in [0.2, 0.25) is 0 Å². The van der Waals surface area contributed by atoms with Gasteiger partial charge < -0.3 is 39.8 Å². The SMILES string of the molecule is CC(C)C(NC(=O)[C@@H]1C[C@@H](OC(=O)CCN)CN1C(=O)[C@@H](NC(=O)OC(C)(C)C)C(C)(C)C)P(=O)(Oc1ccccc1)Oc1ccccc1. The number of nitrogens with one attached hydrogen (secondary N) is 2. The number of hydrogen-bond acceptors (Lipinski definition) is 10. The van der Waals surface area contributed by atoms with Crippen molar-refractivity contribution >= 4 is 31.5 Å². The molecule has 2 aromatic rings. The van der Waals surface area contributed by atoms with Crippen molar-refractivity contribution in [1.29, 1.82) is 0 Å². The Bertz CT molecular complexity index is 1430. The molecule has 1 saturated heterocycles. The van der Waals surface area contributed by atoms with Gasteiger partial charge in [0.1, 0.15) is 35.3 Å². The van der Waals surface area contributed by atoms with Gasteiger partial charge >= 0.3 is 19.7 Å². The van der Waals surface area contributed by atoms with E-state index in [0.29, 0.717) is 0 Å². The van der Waals surface area contributed by atoms with Crippen LogP contribution < -0.4 is 25.4 Å². The lowest BCUT2D eigenvalue weighted by Crippen LogP contribution is -2.59. The second kappa shape index (κ2) is 16.5. The van der Waals surface area contributed by atoms with Crippen molar-refractivity contribution in [2.45, 2.75) is 97.8 Å². The highest BCUT2D eigenvalue weighted by Crippen LogP contribution is 2.54. The van der Waals surface area contributed by atoms with Gasteiger partial charge in [0.15, 0.2) is 5.78 Å². The van der Waals surface area contributed by atoms with Crippen LogP contribution in [0.3, 0.4) is 0 Å². The van der Waals surface area contributed by atoms with Crippen LogP contribution in [-0.4, -0.2) is 71.4 Å². The summed E-state index contributed by atoms with van der Waals surface area (Å²) >= 11 is 0. The normalized spacial score (nSPS) is 17.9. The molecule has 49 heavy (non-hydrogen) atoms. The summed E-state index contributed by atoms with van der Waals surface area (Å²) in [5.74, 6) is -2.92. The lowest BCUT2D eigenvalue weighted by molar-refractivity contribution is -0.149. The first kappa shape index (κ1) is 39.3. The van der Waals surface area contributed by atoms with E-state index in [1.165, 1.54) is 4.90 Å². The number of amides is 3. The van der Waals surface area contributed by atoms with Crippen LogP contribution >= 0.6 is 7.60 Å². The molecule has 3 amide bonds. The van der Waals surface area contributed by atoms with Gasteiger partial charge in [-0.15, -0.1) is 0 Å². The van der Waals surface area contributed by atoms with Crippen LogP contribution in [0.4, 0.5) is 4.79 Å². The fourth-order valence-corrected chi connectivity index (χ4v) is 7.33. The average Bonchev–Trinajstić information content (AvgIpc) is 3.41. The Kier molecular flexibility index (Phi) is 13.3. The summed E-state index contributed by atoms with van der Waals surface area (Å²) in [6.07, 6.45) is -1.74. The minimum atomic E-state index is -4.21. The number of benzene rings is 2. The molecule has 0 aromatic heterocycles. The summed E-state index contributed by atoms with van der Waals surface area (Å²) in [5, 5.41) is 5.53. The van der Waals surface area contributed by atoms with E-state index in [1.807, 2.05) is 0 Å². The third-order valence-corrected chi connectivity index (χ3v) is 9.82. The van der Waals surface area contributed by atoms with Crippen molar-refractivity contribution in [3.8, 4) is 11.5 Å². The Balaban J connectivity index is 1.99. The summed E-state index contributed by atoms with van der Waals surface area (Å²) in [4.78, 5) is 55.1. The third kappa shape index (κ3) is 11.5. The van der Waals surface area contributed by atoms with E-state index in [-0.39, 0.29) is 37.4 Å². The van der Waals surface area contributed by atoms with Gasteiger partial charge in [0, 0.05) is 13.0 Å². The van der Waals surface area contributed by atoms with Gasteiger partial charge in [-0.2, -0.15) is 0 Å². The second-order valence-corrected chi connectivity index (χ2v) is 16.4. The number of likely N-dealkylation sites (tertiary alicyclic amines) is 1. The standard InChI is InChI=1S/C35H51N4O9P/c1-23(2)31(49(44,47-24-15-11-9-12-16-24)48-25-17-13-10-14-18-25)38-30(41)27-21-26(45-28(40)19-20-36)22-39(27)32(42)29(34(3,4)5)37-33(43)46-35(6,7)8/h9-18,23,26-27,29,31H,19-22,36H2,1-8H3,(H,37,43)(H,38,41)/t26-,27+,29-,31?/m1/s1. The number of hydrogen-bond donors (Lipinski definition) is 3. The molecule has 13 nitrogen and oxygen atoms in total. The van der Waals surface area contributed by atoms with Crippen molar-refractivity contribution in [2.75, 3.05) is 13.1 Å². The van der Waals surface area contributed by atoms with E-state index >= 15 is 0 Å². The molecule has 1 fully saturated rings. The minimum Gasteiger partial charge on any atom is -0.460 e. The van der Waals surface area contributed by atoms with Crippen molar-refractivity contribution in [3.63, 3.8) is 0 Å². The molecule has 0 bridgehead atoms. The smallest absolute Gasteiger partial charge is 0.453 e.